The maximum Gasteiger partial charge on any atom is 0.245 e. The van der Waals surface area contributed by atoms with Crippen LogP contribution in [-0.4, -0.2) is 15.3 Å². The SMILES string of the molecule is CCc1nsc(Sc2cc3c(cc2Br)C(N)C(=O)N3)n1. The highest BCUT2D eigenvalue weighted by Crippen LogP contribution is 2.41. The molecule has 1 unspecified atom stereocenters. The summed E-state index contributed by atoms with van der Waals surface area (Å²) in [5.41, 5.74) is 7.41. The number of fused-ring (bicyclic) bond motifs is 1. The van der Waals surface area contributed by atoms with Crippen LogP contribution in [0.5, 0.6) is 0 Å². The molecule has 1 amide bonds. The molecule has 104 valence electrons. The van der Waals surface area contributed by atoms with Crippen molar-refractivity contribution in [3.05, 3.63) is 28.0 Å². The van der Waals surface area contributed by atoms with Crippen LogP contribution < -0.4 is 11.1 Å². The van der Waals surface area contributed by atoms with E-state index < -0.39 is 6.04 Å². The molecule has 1 aromatic heterocycles. The summed E-state index contributed by atoms with van der Waals surface area (Å²) in [5, 5.41) is 2.79. The topological polar surface area (TPSA) is 80.9 Å². The Kier molecular flexibility index (Phi) is 3.80. The van der Waals surface area contributed by atoms with Crippen molar-refractivity contribution in [1.82, 2.24) is 9.36 Å². The van der Waals surface area contributed by atoms with Gasteiger partial charge >= 0.3 is 0 Å². The molecule has 20 heavy (non-hydrogen) atoms. The van der Waals surface area contributed by atoms with Crippen molar-refractivity contribution in [3.63, 3.8) is 0 Å². The number of nitrogens with zero attached hydrogens (tertiary/aromatic N) is 2. The van der Waals surface area contributed by atoms with Gasteiger partial charge in [0, 0.05) is 27.0 Å². The third kappa shape index (κ3) is 2.48. The minimum Gasteiger partial charge on any atom is -0.324 e. The lowest BCUT2D eigenvalue weighted by Gasteiger charge is -2.06. The summed E-state index contributed by atoms with van der Waals surface area (Å²) in [4.78, 5) is 17.0. The first kappa shape index (κ1) is 14.0. The monoisotopic (exact) mass is 370 g/mol. The van der Waals surface area contributed by atoms with Crippen molar-refractivity contribution in [2.24, 2.45) is 5.73 Å². The lowest BCUT2D eigenvalue weighted by Crippen LogP contribution is -2.19. The summed E-state index contributed by atoms with van der Waals surface area (Å²) in [6.45, 7) is 2.03. The molecule has 5 nitrogen and oxygen atoms in total. The summed E-state index contributed by atoms with van der Waals surface area (Å²) in [7, 11) is 0. The van der Waals surface area contributed by atoms with Crippen LogP contribution in [0.25, 0.3) is 0 Å². The largest absolute Gasteiger partial charge is 0.324 e. The predicted molar refractivity (Wildman–Crippen MR) is 83.1 cm³/mol. The van der Waals surface area contributed by atoms with Gasteiger partial charge in [0.2, 0.25) is 5.91 Å². The Morgan fingerprint density at radius 3 is 3.05 bits per heavy atom. The number of carbonyl (C=O) groups excluding carboxylic acids is 1. The Morgan fingerprint density at radius 1 is 1.55 bits per heavy atom. The number of aryl methyl sites for hydroxylation is 1. The summed E-state index contributed by atoms with van der Waals surface area (Å²) in [6.07, 6.45) is 0.827. The molecule has 1 aliphatic rings. The van der Waals surface area contributed by atoms with Gasteiger partial charge in [0.1, 0.15) is 11.9 Å². The van der Waals surface area contributed by atoms with Gasteiger partial charge in [0.25, 0.3) is 0 Å². The molecule has 1 aliphatic heterocycles. The van der Waals surface area contributed by atoms with Crippen molar-refractivity contribution in [2.75, 3.05) is 5.32 Å². The van der Waals surface area contributed by atoms with Crippen LogP contribution in [0.3, 0.4) is 0 Å². The molecule has 0 saturated carbocycles. The molecule has 2 heterocycles. The van der Waals surface area contributed by atoms with Crippen molar-refractivity contribution in [1.29, 1.82) is 0 Å². The maximum absolute atomic E-state index is 11.6. The van der Waals surface area contributed by atoms with Gasteiger partial charge in [-0.3, -0.25) is 4.79 Å². The van der Waals surface area contributed by atoms with E-state index >= 15 is 0 Å². The average Bonchev–Trinajstić information content (AvgIpc) is 2.98. The number of anilines is 1. The van der Waals surface area contributed by atoms with E-state index in [1.165, 1.54) is 23.3 Å². The Balaban J connectivity index is 1.91. The Hall–Kier alpha value is -0.960. The quantitative estimate of drug-likeness (QED) is 0.867. The zero-order chi connectivity index (χ0) is 14.3. The van der Waals surface area contributed by atoms with Crippen LogP contribution in [0.2, 0.25) is 0 Å². The number of rotatable bonds is 3. The summed E-state index contributed by atoms with van der Waals surface area (Å²) < 4.78 is 6.05. The zero-order valence-corrected chi connectivity index (χ0v) is 13.7. The molecule has 1 atom stereocenters. The first-order valence-electron chi connectivity index (χ1n) is 5.98. The molecule has 0 radical (unpaired) electrons. The second kappa shape index (κ2) is 5.44. The number of nitrogens with two attached hydrogens (primary N) is 1. The molecule has 3 rings (SSSR count). The number of hydrogen-bond donors (Lipinski definition) is 2. The smallest absolute Gasteiger partial charge is 0.245 e. The molecule has 0 spiro atoms. The molecular formula is C12H11BrN4OS2. The van der Waals surface area contributed by atoms with E-state index in [0.717, 1.165) is 37.2 Å². The van der Waals surface area contributed by atoms with E-state index in [-0.39, 0.29) is 5.91 Å². The first-order chi connectivity index (χ1) is 9.58. The minimum absolute atomic E-state index is 0.168. The number of nitrogens with one attached hydrogen (secondary N) is 1. The highest BCUT2D eigenvalue weighted by Gasteiger charge is 2.28. The van der Waals surface area contributed by atoms with Crippen molar-refractivity contribution < 1.29 is 4.79 Å². The molecule has 3 N–H and O–H groups in total. The fourth-order valence-electron chi connectivity index (χ4n) is 1.88. The standard InChI is InChI=1S/C12H11BrN4OS2/c1-2-9-16-12(20-17-9)19-8-4-7-5(3-6(8)13)10(14)11(18)15-7/h3-4,10H,2,14H2,1H3,(H,15,18). The predicted octanol–water partition coefficient (Wildman–Crippen LogP) is 2.97. The number of halogens is 1. The van der Waals surface area contributed by atoms with Crippen molar-refractivity contribution in [2.45, 2.75) is 28.6 Å². The maximum atomic E-state index is 11.6. The fourth-order valence-corrected chi connectivity index (χ4v) is 4.19. The molecule has 2 aromatic rings. The van der Waals surface area contributed by atoms with Gasteiger partial charge in [-0.1, -0.05) is 18.7 Å². The molecular weight excluding hydrogens is 360 g/mol. The highest BCUT2D eigenvalue weighted by molar-refractivity contribution is 9.10. The molecule has 0 saturated heterocycles. The summed E-state index contributed by atoms with van der Waals surface area (Å²) >= 11 is 6.43. The minimum atomic E-state index is -0.589. The third-order valence-electron chi connectivity index (χ3n) is 2.94. The summed E-state index contributed by atoms with van der Waals surface area (Å²) in [6, 6.07) is 3.22. The molecule has 0 aliphatic carbocycles. The van der Waals surface area contributed by atoms with Crippen molar-refractivity contribution >= 4 is 50.8 Å². The lowest BCUT2D eigenvalue weighted by molar-refractivity contribution is -0.116. The van der Waals surface area contributed by atoms with Crippen LogP contribution in [0.15, 0.2) is 25.8 Å². The third-order valence-corrected chi connectivity index (χ3v) is 5.71. The average molecular weight is 371 g/mol. The van der Waals surface area contributed by atoms with Crippen LogP contribution in [0, 0.1) is 0 Å². The number of amides is 1. The Morgan fingerprint density at radius 2 is 2.35 bits per heavy atom. The number of aromatic nitrogens is 2. The van der Waals surface area contributed by atoms with Crippen LogP contribution >= 0.6 is 39.2 Å². The first-order valence-corrected chi connectivity index (χ1v) is 8.37. The Bertz CT molecular complexity index is 688. The zero-order valence-electron chi connectivity index (χ0n) is 10.5. The fraction of sp³-hybridized carbons (Fsp3) is 0.250. The number of hydrogen-bond acceptors (Lipinski definition) is 6. The van der Waals surface area contributed by atoms with Gasteiger partial charge in [-0.2, -0.15) is 4.37 Å². The van der Waals surface area contributed by atoms with Crippen molar-refractivity contribution in [3.8, 4) is 0 Å². The van der Waals surface area contributed by atoms with Gasteiger partial charge in [0.05, 0.1) is 0 Å². The van der Waals surface area contributed by atoms with E-state index in [0.29, 0.717) is 0 Å². The van der Waals surface area contributed by atoms with Crippen LogP contribution in [0.1, 0.15) is 24.4 Å². The number of benzene rings is 1. The molecule has 1 aromatic carbocycles. The van der Waals surface area contributed by atoms with E-state index in [1.807, 2.05) is 19.1 Å². The van der Waals surface area contributed by atoms with E-state index in [1.54, 1.807) is 0 Å². The van der Waals surface area contributed by atoms with Crippen LogP contribution in [-0.2, 0) is 11.2 Å². The van der Waals surface area contributed by atoms with Gasteiger partial charge in [-0.15, -0.1) is 0 Å². The van der Waals surface area contributed by atoms with Gasteiger partial charge < -0.3 is 11.1 Å². The molecule has 0 bridgehead atoms. The van der Waals surface area contributed by atoms with Gasteiger partial charge in [0.15, 0.2) is 4.34 Å². The second-order valence-corrected chi connectivity index (χ2v) is 7.16. The normalized spacial score (nSPS) is 17.1. The molecule has 8 heteroatoms. The summed E-state index contributed by atoms with van der Waals surface area (Å²) in [5.74, 6) is 0.684. The van der Waals surface area contributed by atoms with Crippen LogP contribution in [0.4, 0.5) is 5.69 Å². The van der Waals surface area contributed by atoms with E-state index in [2.05, 4.69) is 30.6 Å². The second-order valence-electron chi connectivity index (χ2n) is 4.27. The van der Waals surface area contributed by atoms with E-state index in [9.17, 15) is 4.79 Å². The van der Waals surface area contributed by atoms with E-state index in [4.69, 9.17) is 5.73 Å². The molecule has 0 fully saturated rings. The van der Waals surface area contributed by atoms with Gasteiger partial charge in [-0.05, 0) is 39.6 Å². The Labute approximate surface area is 132 Å². The van der Waals surface area contributed by atoms with Gasteiger partial charge in [-0.25, -0.2) is 4.98 Å². The lowest BCUT2D eigenvalue weighted by atomic mass is 10.1. The number of carbonyl (C=O) groups is 1. The highest BCUT2D eigenvalue weighted by atomic mass is 79.9.